The smallest absolute Gasteiger partial charge is 0.155 e. The van der Waals surface area contributed by atoms with Gasteiger partial charge in [-0.15, -0.1) is 0 Å². The number of fused-ring (bicyclic) bond motifs is 1. The van der Waals surface area contributed by atoms with Gasteiger partial charge in [-0.1, -0.05) is 31.2 Å². The number of aromatic nitrogens is 3. The van der Waals surface area contributed by atoms with Crippen LogP contribution in [0.15, 0.2) is 61.1 Å². The van der Waals surface area contributed by atoms with Gasteiger partial charge < -0.3 is 5.32 Å². The zero-order valence-corrected chi connectivity index (χ0v) is 16.2. The van der Waals surface area contributed by atoms with E-state index in [1.54, 1.807) is 0 Å². The lowest BCUT2D eigenvalue weighted by molar-refractivity contribution is 0.266. The monoisotopic (exact) mass is 360 g/mol. The fourth-order valence-electron chi connectivity index (χ4n) is 4.30. The molecule has 0 saturated heterocycles. The molecule has 1 aliphatic carbocycles. The second-order valence-corrected chi connectivity index (χ2v) is 7.89. The van der Waals surface area contributed by atoms with Gasteiger partial charge in [-0.05, 0) is 62.6 Å². The van der Waals surface area contributed by atoms with Crippen LogP contribution in [0, 0.1) is 18.8 Å². The quantitative estimate of drug-likeness (QED) is 0.646. The van der Waals surface area contributed by atoms with E-state index >= 15 is 0 Å². The molecule has 27 heavy (non-hydrogen) atoms. The topological polar surface area (TPSA) is 42.2 Å². The van der Waals surface area contributed by atoms with Crippen molar-refractivity contribution in [3.05, 3.63) is 72.3 Å². The Balaban J connectivity index is 1.37. The second kappa shape index (κ2) is 7.55. The minimum absolute atomic E-state index is 0.467. The maximum absolute atomic E-state index is 4.46. The van der Waals surface area contributed by atoms with Crippen molar-refractivity contribution in [1.29, 1.82) is 0 Å². The van der Waals surface area contributed by atoms with E-state index in [2.05, 4.69) is 66.2 Å². The van der Waals surface area contributed by atoms with E-state index in [9.17, 15) is 0 Å². The van der Waals surface area contributed by atoms with E-state index in [0.717, 1.165) is 17.0 Å². The van der Waals surface area contributed by atoms with Crippen LogP contribution in [-0.4, -0.2) is 14.6 Å². The summed E-state index contributed by atoms with van der Waals surface area (Å²) in [6.07, 6.45) is 8.60. The summed E-state index contributed by atoms with van der Waals surface area (Å²) in [5.41, 5.74) is 5.77. The highest BCUT2D eigenvalue weighted by molar-refractivity contribution is 5.49. The molecule has 1 fully saturated rings. The molecule has 140 valence electrons. The largest absolute Gasteiger partial charge is 0.359 e. The van der Waals surface area contributed by atoms with Gasteiger partial charge in [0.2, 0.25) is 0 Å². The third kappa shape index (κ3) is 3.75. The summed E-state index contributed by atoms with van der Waals surface area (Å²) in [5, 5.41) is 7.97. The lowest BCUT2D eigenvalue weighted by Crippen LogP contribution is -2.23. The van der Waals surface area contributed by atoms with Gasteiger partial charge >= 0.3 is 0 Å². The Morgan fingerprint density at radius 2 is 1.81 bits per heavy atom. The van der Waals surface area contributed by atoms with Crippen LogP contribution in [0.4, 0.5) is 5.69 Å². The molecule has 2 aromatic heterocycles. The summed E-state index contributed by atoms with van der Waals surface area (Å²) >= 11 is 0. The van der Waals surface area contributed by atoms with Gasteiger partial charge in [0.1, 0.15) is 0 Å². The van der Waals surface area contributed by atoms with Gasteiger partial charge in [-0.2, -0.15) is 5.10 Å². The van der Waals surface area contributed by atoms with Crippen LogP contribution in [0.25, 0.3) is 5.65 Å². The molecule has 1 saturated carbocycles. The van der Waals surface area contributed by atoms with Gasteiger partial charge in [0, 0.05) is 35.3 Å². The van der Waals surface area contributed by atoms with Crippen LogP contribution in [0.2, 0.25) is 0 Å². The number of rotatable bonds is 5. The summed E-state index contributed by atoms with van der Waals surface area (Å²) in [7, 11) is 0. The maximum atomic E-state index is 4.46. The fourth-order valence-corrected chi connectivity index (χ4v) is 4.30. The average molecular weight is 361 g/mol. The van der Waals surface area contributed by atoms with Gasteiger partial charge in [-0.25, -0.2) is 9.50 Å². The normalized spacial score (nSPS) is 21.1. The predicted octanol–water partition coefficient (Wildman–Crippen LogP) is 5.57. The second-order valence-electron chi connectivity index (χ2n) is 7.89. The summed E-state index contributed by atoms with van der Waals surface area (Å²) in [6, 6.07) is 12.6. The minimum Gasteiger partial charge on any atom is -0.359 e. The molecule has 2 heterocycles. The molecule has 0 spiro atoms. The van der Waals surface area contributed by atoms with Crippen LogP contribution in [0.1, 0.15) is 49.8 Å². The first-order chi connectivity index (χ1) is 13.1. The molecule has 4 nitrogen and oxygen atoms in total. The summed E-state index contributed by atoms with van der Waals surface area (Å²) in [4.78, 5) is 4.39. The van der Waals surface area contributed by atoms with Crippen LogP contribution in [0.5, 0.6) is 0 Å². The van der Waals surface area contributed by atoms with Crippen molar-refractivity contribution in [2.24, 2.45) is 11.8 Å². The minimum atomic E-state index is 0.467. The highest BCUT2D eigenvalue weighted by Crippen LogP contribution is 2.40. The van der Waals surface area contributed by atoms with Crippen molar-refractivity contribution in [2.75, 3.05) is 5.32 Å². The average Bonchev–Trinajstić information content (AvgIpc) is 3.18. The zero-order chi connectivity index (χ0) is 18.8. The molecule has 0 aliphatic heterocycles. The molecule has 3 aromatic rings. The Labute approximate surface area is 161 Å². The Morgan fingerprint density at radius 1 is 1.07 bits per heavy atom. The molecule has 4 heteroatoms. The number of allylic oxidation sites excluding steroid dienone is 1. The molecule has 1 aromatic carbocycles. The molecule has 1 aliphatic rings. The third-order valence-electron chi connectivity index (χ3n) is 6.12. The molecule has 1 N–H and O–H groups in total. The SMILES string of the molecule is C=C(Nc1ccc(C)cc1)C(C)C1CCC(c2ccnc3ccnn23)CC1. The van der Waals surface area contributed by atoms with E-state index in [1.807, 2.05) is 23.0 Å². The Kier molecular flexibility index (Phi) is 4.97. The molecule has 0 bridgehead atoms. The maximum Gasteiger partial charge on any atom is 0.155 e. The number of hydrogen-bond donors (Lipinski definition) is 1. The number of nitrogens with one attached hydrogen (secondary N) is 1. The molecule has 0 amide bonds. The fraction of sp³-hybridized carbons (Fsp3) is 0.391. The summed E-state index contributed by atoms with van der Waals surface area (Å²) in [6.45, 7) is 8.75. The molecule has 1 unspecified atom stereocenters. The molecular weight excluding hydrogens is 332 g/mol. The lowest BCUT2D eigenvalue weighted by Gasteiger charge is -2.33. The Morgan fingerprint density at radius 3 is 2.56 bits per heavy atom. The van der Waals surface area contributed by atoms with Gasteiger partial charge in [0.05, 0.1) is 6.20 Å². The zero-order valence-electron chi connectivity index (χ0n) is 16.2. The van der Waals surface area contributed by atoms with Crippen LogP contribution in [0.3, 0.4) is 0 Å². The predicted molar refractivity (Wildman–Crippen MR) is 111 cm³/mol. The summed E-state index contributed by atoms with van der Waals surface area (Å²) < 4.78 is 2.01. The van der Waals surface area contributed by atoms with Gasteiger partial charge in [-0.3, -0.25) is 0 Å². The number of aryl methyl sites for hydroxylation is 1. The summed E-state index contributed by atoms with van der Waals surface area (Å²) in [5.74, 6) is 1.72. The number of benzene rings is 1. The van der Waals surface area contributed by atoms with E-state index in [4.69, 9.17) is 0 Å². The van der Waals surface area contributed by atoms with Crippen molar-refractivity contribution in [2.45, 2.75) is 45.4 Å². The number of hydrogen-bond acceptors (Lipinski definition) is 3. The van der Waals surface area contributed by atoms with Gasteiger partial charge in [0.25, 0.3) is 0 Å². The van der Waals surface area contributed by atoms with Crippen molar-refractivity contribution in [3.8, 4) is 0 Å². The molecular formula is C23H28N4. The Hall–Kier alpha value is -2.62. The van der Waals surface area contributed by atoms with E-state index < -0.39 is 0 Å². The highest BCUT2D eigenvalue weighted by Gasteiger charge is 2.28. The van der Waals surface area contributed by atoms with Crippen LogP contribution >= 0.6 is 0 Å². The molecule has 4 rings (SSSR count). The number of nitrogens with zero attached hydrogens (tertiary/aromatic N) is 3. The molecule has 0 radical (unpaired) electrons. The van der Waals surface area contributed by atoms with E-state index in [1.165, 1.54) is 36.9 Å². The van der Waals surface area contributed by atoms with E-state index in [0.29, 0.717) is 17.8 Å². The van der Waals surface area contributed by atoms with Crippen LogP contribution in [-0.2, 0) is 0 Å². The first-order valence-corrected chi connectivity index (χ1v) is 9.93. The number of anilines is 1. The first kappa shape index (κ1) is 17.8. The lowest BCUT2D eigenvalue weighted by atomic mass is 9.74. The standard InChI is InChI=1S/C23H28N4/c1-16-4-10-21(11-5-16)26-18(3)17(2)19-6-8-20(9-7-19)22-12-14-24-23-13-15-25-27(22)23/h4-5,10-15,17,19-20,26H,3,6-9H2,1-2H3. The van der Waals surface area contributed by atoms with Crippen molar-refractivity contribution in [1.82, 2.24) is 14.6 Å². The van der Waals surface area contributed by atoms with Gasteiger partial charge in [0.15, 0.2) is 5.65 Å². The molecule has 1 atom stereocenters. The van der Waals surface area contributed by atoms with E-state index in [-0.39, 0.29) is 0 Å². The highest BCUT2D eigenvalue weighted by atomic mass is 15.2. The van der Waals surface area contributed by atoms with Crippen molar-refractivity contribution < 1.29 is 0 Å². The van der Waals surface area contributed by atoms with Crippen molar-refractivity contribution >= 4 is 11.3 Å². The van der Waals surface area contributed by atoms with Crippen LogP contribution < -0.4 is 5.32 Å². The van der Waals surface area contributed by atoms with Crippen molar-refractivity contribution in [3.63, 3.8) is 0 Å². The Bertz CT molecular complexity index is 917. The first-order valence-electron chi connectivity index (χ1n) is 9.93. The third-order valence-corrected chi connectivity index (χ3v) is 6.12.